The molecule has 1 fully saturated rings. The lowest BCUT2D eigenvalue weighted by Crippen LogP contribution is -2.48. The Morgan fingerprint density at radius 2 is 1.44 bits per heavy atom. The van der Waals surface area contributed by atoms with E-state index in [1.54, 1.807) is 11.2 Å². The molecule has 0 aromatic heterocycles. The molecule has 1 amide bonds. The van der Waals surface area contributed by atoms with Crippen molar-refractivity contribution in [3.8, 4) is 0 Å². The zero-order chi connectivity index (χ0) is 27.2. The van der Waals surface area contributed by atoms with Gasteiger partial charge in [-0.25, -0.2) is 8.42 Å². The summed E-state index contributed by atoms with van der Waals surface area (Å²) >= 11 is 0. The maximum atomic E-state index is 13.0. The third-order valence-corrected chi connectivity index (χ3v) is 9.63. The van der Waals surface area contributed by atoms with Crippen molar-refractivity contribution < 1.29 is 13.2 Å². The number of rotatable bonds is 9. The Kier molecular flexibility index (Phi) is 8.77. The molecule has 0 unspecified atom stereocenters. The lowest BCUT2D eigenvalue weighted by molar-refractivity contribution is 0.0950. The van der Waals surface area contributed by atoms with E-state index in [0.717, 1.165) is 37.2 Å². The number of nitrogens with one attached hydrogen (secondary N) is 1. The average molecular weight is 547 g/mol. The Morgan fingerprint density at radius 1 is 0.769 bits per heavy atom. The van der Waals surface area contributed by atoms with Crippen molar-refractivity contribution in [2.45, 2.75) is 39.5 Å². The summed E-state index contributed by atoms with van der Waals surface area (Å²) < 4.78 is 25.8. The predicted molar refractivity (Wildman–Crippen MR) is 155 cm³/mol. The molecule has 39 heavy (non-hydrogen) atoms. The summed E-state index contributed by atoms with van der Waals surface area (Å²) in [5.41, 5.74) is 6.92. The van der Waals surface area contributed by atoms with Crippen molar-refractivity contribution in [2.75, 3.05) is 38.5 Å². The van der Waals surface area contributed by atoms with Gasteiger partial charge in [-0.2, -0.15) is 4.31 Å². The molecule has 0 bridgehead atoms. The number of nitrogens with zero attached hydrogens (tertiary/aromatic N) is 3. The molecule has 0 saturated carbocycles. The summed E-state index contributed by atoms with van der Waals surface area (Å²) in [4.78, 5) is 17.7. The molecule has 1 saturated heterocycles. The van der Waals surface area contributed by atoms with Crippen LogP contribution in [0.4, 0.5) is 0 Å². The molecule has 0 spiro atoms. The van der Waals surface area contributed by atoms with Crippen LogP contribution in [0.15, 0.2) is 72.8 Å². The van der Waals surface area contributed by atoms with Gasteiger partial charge in [0.15, 0.2) is 0 Å². The molecule has 1 N–H and O–H groups in total. The van der Waals surface area contributed by atoms with E-state index in [1.165, 1.54) is 16.7 Å². The molecule has 0 aliphatic carbocycles. The van der Waals surface area contributed by atoms with Crippen LogP contribution < -0.4 is 5.32 Å². The summed E-state index contributed by atoms with van der Waals surface area (Å²) in [6, 6.07) is 24.9. The van der Waals surface area contributed by atoms with Gasteiger partial charge >= 0.3 is 0 Å². The third kappa shape index (κ3) is 7.13. The number of piperazine rings is 1. The standard InChI is InChI=1S/C31H38N4O3S/c1-2-39(37,38)35-17-15-33(16-18-35)22-27-9-6-12-29(20-27)31(36)32-21-25-7-5-8-26(19-25)23-34-14-13-28-10-3-4-11-30(28)24-34/h3-12,19-20H,2,13-18,21-24H2,1H3,(H,32,36). The highest BCUT2D eigenvalue weighted by Gasteiger charge is 2.25. The summed E-state index contributed by atoms with van der Waals surface area (Å²) in [5.74, 6) is 0.0517. The Hall–Kier alpha value is -3.04. The number of carbonyl (C=O) groups excluding carboxylic acids is 1. The first-order valence-electron chi connectivity index (χ1n) is 13.8. The normalized spacial score (nSPS) is 17.1. The van der Waals surface area contributed by atoms with Crippen molar-refractivity contribution in [1.29, 1.82) is 0 Å². The quantitative estimate of drug-likeness (QED) is 0.444. The number of hydrogen-bond acceptors (Lipinski definition) is 5. The highest BCUT2D eigenvalue weighted by Crippen LogP contribution is 2.21. The molecule has 3 aromatic carbocycles. The van der Waals surface area contributed by atoms with Crippen LogP contribution in [0.1, 0.15) is 45.1 Å². The number of hydrogen-bond donors (Lipinski definition) is 1. The van der Waals surface area contributed by atoms with Gasteiger partial charge < -0.3 is 5.32 Å². The van der Waals surface area contributed by atoms with Gasteiger partial charge in [0, 0.05) is 64.5 Å². The van der Waals surface area contributed by atoms with Crippen LogP contribution in [0, 0.1) is 0 Å². The number of fused-ring (bicyclic) bond motifs is 1. The van der Waals surface area contributed by atoms with Crippen molar-refractivity contribution in [3.63, 3.8) is 0 Å². The van der Waals surface area contributed by atoms with Crippen LogP contribution in [-0.4, -0.2) is 66.9 Å². The molecular weight excluding hydrogens is 508 g/mol. The van der Waals surface area contributed by atoms with Crippen molar-refractivity contribution in [2.24, 2.45) is 0 Å². The first-order valence-corrected chi connectivity index (χ1v) is 15.4. The van der Waals surface area contributed by atoms with E-state index in [0.29, 0.717) is 44.8 Å². The van der Waals surface area contributed by atoms with Crippen molar-refractivity contribution in [3.05, 3.63) is 106 Å². The summed E-state index contributed by atoms with van der Waals surface area (Å²) in [6.07, 6.45) is 1.09. The molecule has 0 radical (unpaired) electrons. The number of sulfonamides is 1. The van der Waals surface area contributed by atoms with Gasteiger partial charge in [-0.3, -0.25) is 14.6 Å². The van der Waals surface area contributed by atoms with Crippen LogP contribution in [0.3, 0.4) is 0 Å². The fourth-order valence-electron chi connectivity index (χ4n) is 5.49. The Labute approximate surface area is 232 Å². The zero-order valence-corrected chi connectivity index (χ0v) is 23.5. The Bertz CT molecular complexity index is 1400. The molecule has 3 aromatic rings. The fraction of sp³-hybridized carbons (Fsp3) is 0.387. The number of amides is 1. The minimum absolute atomic E-state index is 0.0891. The number of benzene rings is 3. The molecule has 7 nitrogen and oxygen atoms in total. The van der Waals surface area contributed by atoms with Crippen LogP contribution in [0.25, 0.3) is 0 Å². The second kappa shape index (κ2) is 12.4. The van der Waals surface area contributed by atoms with Gasteiger partial charge in [0.05, 0.1) is 5.75 Å². The summed E-state index contributed by atoms with van der Waals surface area (Å²) in [6.45, 7) is 8.20. The van der Waals surface area contributed by atoms with E-state index >= 15 is 0 Å². The molecular formula is C31H38N4O3S. The third-order valence-electron chi connectivity index (χ3n) is 7.75. The van der Waals surface area contributed by atoms with Crippen molar-refractivity contribution >= 4 is 15.9 Å². The molecule has 206 valence electrons. The second-order valence-electron chi connectivity index (χ2n) is 10.5. The summed E-state index contributed by atoms with van der Waals surface area (Å²) in [5, 5.41) is 3.08. The second-order valence-corrected chi connectivity index (χ2v) is 12.8. The topological polar surface area (TPSA) is 73.0 Å². The Morgan fingerprint density at radius 3 is 2.21 bits per heavy atom. The Balaban J connectivity index is 1.12. The summed E-state index contributed by atoms with van der Waals surface area (Å²) in [7, 11) is -3.13. The highest BCUT2D eigenvalue weighted by atomic mass is 32.2. The van der Waals surface area contributed by atoms with E-state index in [-0.39, 0.29) is 11.7 Å². The van der Waals surface area contributed by atoms with Crippen LogP contribution >= 0.6 is 0 Å². The van der Waals surface area contributed by atoms with Gasteiger partial charge in [-0.1, -0.05) is 60.7 Å². The van der Waals surface area contributed by atoms with E-state index in [2.05, 4.69) is 63.6 Å². The molecule has 2 aliphatic rings. The SMILES string of the molecule is CCS(=O)(=O)N1CCN(Cc2cccc(C(=O)NCc3cccc(CN4CCc5ccccc5C4)c3)c2)CC1. The van der Waals surface area contributed by atoms with Gasteiger partial charge in [-0.15, -0.1) is 0 Å². The van der Waals surface area contributed by atoms with E-state index in [9.17, 15) is 13.2 Å². The average Bonchev–Trinajstić information content (AvgIpc) is 2.96. The van der Waals surface area contributed by atoms with E-state index in [1.807, 2.05) is 24.3 Å². The zero-order valence-electron chi connectivity index (χ0n) is 22.7. The molecule has 0 atom stereocenters. The first kappa shape index (κ1) is 27.5. The lowest BCUT2D eigenvalue weighted by Gasteiger charge is -2.33. The van der Waals surface area contributed by atoms with Crippen LogP contribution in [-0.2, 0) is 42.6 Å². The molecule has 2 heterocycles. The lowest BCUT2D eigenvalue weighted by atomic mass is 9.99. The minimum Gasteiger partial charge on any atom is -0.348 e. The molecule has 2 aliphatic heterocycles. The maximum Gasteiger partial charge on any atom is 0.251 e. The van der Waals surface area contributed by atoms with Crippen molar-refractivity contribution in [1.82, 2.24) is 19.4 Å². The highest BCUT2D eigenvalue weighted by molar-refractivity contribution is 7.89. The van der Waals surface area contributed by atoms with E-state index < -0.39 is 10.0 Å². The van der Waals surface area contributed by atoms with Gasteiger partial charge in [0.25, 0.3) is 5.91 Å². The molecule has 5 rings (SSSR count). The van der Waals surface area contributed by atoms with Gasteiger partial charge in [0.1, 0.15) is 0 Å². The van der Waals surface area contributed by atoms with Gasteiger partial charge in [0.2, 0.25) is 10.0 Å². The molecule has 8 heteroatoms. The van der Waals surface area contributed by atoms with Crippen LogP contribution in [0.2, 0.25) is 0 Å². The van der Waals surface area contributed by atoms with Gasteiger partial charge in [-0.05, 0) is 53.3 Å². The minimum atomic E-state index is -3.13. The smallest absolute Gasteiger partial charge is 0.251 e. The van der Waals surface area contributed by atoms with E-state index in [4.69, 9.17) is 0 Å². The number of carbonyl (C=O) groups is 1. The monoisotopic (exact) mass is 546 g/mol. The first-order chi connectivity index (χ1) is 18.9. The maximum absolute atomic E-state index is 13.0. The van der Waals surface area contributed by atoms with Crippen LogP contribution in [0.5, 0.6) is 0 Å². The largest absolute Gasteiger partial charge is 0.348 e. The predicted octanol–water partition coefficient (Wildman–Crippen LogP) is 3.64. The fourth-order valence-corrected chi connectivity index (χ4v) is 6.57.